The van der Waals surface area contributed by atoms with Crippen LogP contribution < -0.4 is 10.6 Å². The molecule has 0 saturated carbocycles. The maximum Gasteiger partial charge on any atom is 0.338 e. The van der Waals surface area contributed by atoms with E-state index in [-0.39, 0.29) is 17.8 Å². The smallest absolute Gasteiger partial charge is 0.338 e. The van der Waals surface area contributed by atoms with Crippen LogP contribution in [0.3, 0.4) is 0 Å². The van der Waals surface area contributed by atoms with Crippen molar-refractivity contribution in [1.29, 1.82) is 0 Å². The molecule has 3 rings (SSSR count). The van der Waals surface area contributed by atoms with E-state index < -0.39 is 18.4 Å². The fourth-order valence-electron chi connectivity index (χ4n) is 2.97. The Morgan fingerprint density at radius 1 is 1.03 bits per heavy atom. The van der Waals surface area contributed by atoms with E-state index >= 15 is 0 Å². The number of ether oxygens (including phenoxy) is 1. The highest BCUT2D eigenvalue weighted by Crippen LogP contribution is 2.25. The van der Waals surface area contributed by atoms with Gasteiger partial charge in [0.05, 0.1) is 5.56 Å². The van der Waals surface area contributed by atoms with Crippen molar-refractivity contribution < 1.29 is 23.5 Å². The fourth-order valence-corrected chi connectivity index (χ4v) is 2.97. The molecule has 0 fully saturated rings. The molecule has 1 aromatic heterocycles. The van der Waals surface area contributed by atoms with Crippen molar-refractivity contribution in [3.63, 3.8) is 0 Å². The van der Waals surface area contributed by atoms with Gasteiger partial charge < -0.3 is 19.8 Å². The van der Waals surface area contributed by atoms with Gasteiger partial charge in [-0.1, -0.05) is 30.3 Å². The van der Waals surface area contributed by atoms with Crippen molar-refractivity contribution in [2.45, 2.75) is 33.4 Å². The van der Waals surface area contributed by atoms with Gasteiger partial charge in [-0.15, -0.1) is 0 Å². The molecule has 0 aliphatic rings. The molecule has 0 spiro atoms. The highest BCUT2D eigenvalue weighted by molar-refractivity contribution is 6.02. The highest BCUT2D eigenvalue weighted by Gasteiger charge is 2.19. The first-order valence-corrected chi connectivity index (χ1v) is 9.67. The predicted octanol–water partition coefficient (Wildman–Crippen LogP) is 3.99. The number of carbonyl (C=O) groups excluding carboxylic acids is 3. The first-order chi connectivity index (χ1) is 14.3. The third-order valence-electron chi connectivity index (χ3n) is 4.49. The predicted molar refractivity (Wildman–Crippen MR) is 113 cm³/mol. The number of ketones is 1. The Balaban J connectivity index is 1.55. The fraction of sp³-hybridized carbons (Fsp3) is 0.261. The maximum atomic E-state index is 12.4. The van der Waals surface area contributed by atoms with Crippen LogP contribution in [-0.2, 0) is 11.3 Å². The summed E-state index contributed by atoms with van der Waals surface area (Å²) >= 11 is 0. The summed E-state index contributed by atoms with van der Waals surface area (Å²) in [7, 11) is 0. The number of para-hydroxylation sites is 1. The Morgan fingerprint density at radius 3 is 2.40 bits per heavy atom. The average Bonchev–Trinajstić information content (AvgIpc) is 3.07. The van der Waals surface area contributed by atoms with Gasteiger partial charge in [-0.3, -0.25) is 4.79 Å². The van der Waals surface area contributed by atoms with Gasteiger partial charge >= 0.3 is 12.0 Å². The zero-order chi connectivity index (χ0) is 21.7. The van der Waals surface area contributed by atoms with Gasteiger partial charge in [-0.2, -0.15) is 0 Å². The number of benzene rings is 2. The lowest BCUT2D eigenvalue weighted by atomic mass is 10.1. The number of nitrogens with one attached hydrogen (secondary N) is 2. The number of hydrogen-bond acceptors (Lipinski definition) is 5. The van der Waals surface area contributed by atoms with Gasteiger partial charge in [-0.05, 0) is 44.5 Å². The number of carbonyl (C=O) groups is 3. The molecule has 0 bridgehead atoms. The minimum Gasteiger partial charge on any atom is -0.454 e. The van der Waals surface area contributed by atoms with E-state index in [0.29, 0.717) is 17.7 Å². The summed E-state index contributed by atoms with van der Waals surface area (Å²) in [5.74, 6) is -0.798. The first kappa shape index (κ1) is 21.1. The monoisotopic (exact) mass is 408 g/mol. The molecule has 0 atom stereocenters. The molecule has 30 heavy (non-hydrogen) atoms. The Labute approximate surface area is 174 Å². The molecule has 3 aromatic rings. The summed E-state index contributed by atoms with van der Waals surface area (Å²) in [4.78, 5) is 36.3. The normalized spacial score (nSPS) is 10.8. The Kier molecular flexibility index (Phi) is 6.51. The first-order valence-electron chi connectivity index (χ1n) is 9.67. The van der Waals surface area contributed by atoms with Crippen LogP contribution in [-0.4, -0.2) is 30.4 Å². The van der Waals surface area contributed by atoms with E-state index in [1.807, 2.05) is 32.0 Å². The van der Waals surface area contributed by atoms with Gasteiger partial charge in [0.15, 0.2) is 12.4 Å². The summed E-state index contributed by atoms with van der Waals surface area (Å²) in [6, 6.07) is 13.8. The number of rotatable bonds is 7. The second-order valence-corrected chi connectivity index (χ2v) is 7.23. The van der Waals surface area contributed by atoms with E-state index in [4.69, 9.17) is 9.15 Å². The number of amides is 2. The third-order valence-corrected chi connectivity index (χ3v) is 4.49. The number of esters is 1. The van der Waals surface area contributed by atoms with Gasteiger partial charge in [0, 0.05) is 23.5 Å². The molecule has 0 unspecified atom stereocenters. The van der Waals surface area contributed by atoms with E-state index in [9.17, 15) is 14.4 Å². The molecule has 2 aromatic carbocycles. The van der Waals surface area contributed by atoms with Crippen LogP contribution in [0.15, 0.2) is 52.9 Å². The molecule has 0 aliphatic carbocycles. The lowest BCUT2D eigenvalue weighted by Gasteiger charge is -2.10. The lowest BCUT2D eigenvalue weighted by Crippen LogP contribution is -2.39. The molecular formula is C23H24N2O5. The lowest BCUT2D eigenvalue weighted by molar-refractivity contribution is 0.0468. The van der Waals surface area contributed by atoms with Crippen LogP contribution >= 0.6 is 0 Å². The molecule has 2 N–H and O–H groups in total. The number of hydrogen-bond donors (Lipinski definition) is 2. The third kappa shape index (κ3) is 5.05. The van der Waals surface area contributed by atoms with Gasteiger partial charge in [0.2, 0.25) is 5.78 Å². The van der Waals surface area contributed by atoms with Crippen LogP contribution in [0.2, 0.25) is 0 Å². The second kappa shape index (κ2) is 9.26. The summed E-state index contributed by atoms with van der Waals surface area (Å²) in [6.07, 6.45) is 0. The number of urea groups is 1. The van der Waals surface area contributed by atoms with Crippen LogP contribution in [0, 0.1) is 6.92 Å². The molecule has 0 aliphatic heterocycles. The minimum atomic E-state index is -0.603. The average molecular weight is 408 g/mol. The Morgan fingerprint density at radius 2 is 1.73 bits per heavy atom. The molecular weight excluding hydrogens is 384 g/mol. The molecule has 1 heterocycles. The van der Waals surface area contributed by atoms with Crippen LogP contribution in [0.25, 0.3) is 11.0 Å². The zero-order valence-electron chi connectivity index (χ0n) is 17.2. The molecule has 156 valence electrons. The Bertz CT molecular complexity index is 1070. The number of aryl methyl sites for hydroxylation is 1. The largest absolute Gasteiger partial charge is 0.454 e. The summed E-state index contributed by atoms with van der Waals surface area (Å²) in [5.41, 5.74) is 2.50. The minimum absolute atomic E-state index is 0.0493. The zero-order valence-corrected chi connectivity index (χ0v) is 17.2. The van der Waals surface area contributed by atoms with E-state index in [1.165, 1.54) is 0 Å². The standard InChI is InChI=1S/C23H24N2O5/c1-14(2)25-23(28)24-12-16-8-10-17(11-9-16)22(27)29-13-19(26)21-15(3)18-6-4-5-7-20(18)30-21/h4-11,14H,12-13H2,1-3H3,(H2,24,25,28). The van der Waals surface area contributed by atoms with Gasteiger partial charge in [-0.25, -0.2) is 9.59 Å². The van der Waals surface area contributed by atoms with E-state index in [0.717, 1.165) is 16.5 Å². The molecule has 0 saturated heterocycles. The number of furan rings is 1. The molecule has 0 radical (unpaired) electrons. The van der Waals surface area contributed by atoms with Crippen molar-refractivity contribution in [2.24, 2.45) is 0 Å². The molecule has 7 nitrogen and oxygen atoms in total. The quantitative estimate of drug-likeness (QED) is 0.455. The molecule has 7 heteroatoms. The van der Waals surface area contributed by atoms with Crippen LogP contribution in [0.4, 0.5) is 4.79 Å². The summed E-state index contributed by atoms with van der Waals surface area (Å²) in [6.45, 7) is 5.48. The van der Waals surface area contributed by atoms with Gasteiger partial charge in [0.25, 0.3) is 0 Å². The van der Waals surface area contributed by atoms with Gasteiger partial charge in [0.1, 0.15) is 5.58 Å². The molecule has 2 amide bonds. The van der Waals surface area contributed by atoms with Crippen molar-refractivity contribution in [3.05, 3.63) is 71.0 Å². The van der Waals surface area contributed by atoms with Crippen molar-refractivity contribution in [1.82, 2.24) is 10.6 Å². The van der Waals surface area contributed by atoms with Crippen molar-refractivity contribution in [2.75, 3.05) is 6.61 Å². The topological polar surface area (TPSA) is 97.6 Å². The highest BCUT2D eigenvalue weighted by atomic mass is 16.5. The second-order valence-electron chi connectivity index (χ2n) is 7.23. The van der Waals surface area contributed by atoms with Crippen molar-refractivity contribution >= 4 is 28.8 Å². The Hall–Kier alpha value is -3.61. The maximum absolute atomic E-state index is 12.4. The summed E-state index contributed by atoms with van der Waals surface area (Å²) < 4.78 is 10.8. The van der Waals surface area contributed by atoms with E-state index in [2.05, 4.69) is 10.6 Å². The summed E-state index contributed by atoms with van der Waals surface area (Å²) in [5, 5.41) is 6.32. The SMILES string of the molecule is Cc1c(C(=O)COC(=O)c2ccc(CNC(=O)NC(C)C)cc2)oc2ccccc12. The van der Waals surface area contributed by atoms with Crippen LogP contribution in [0.5, 0.6) is 0 Å². The number of Topliss-reactive ketones (excluding diaryl/α,β-unsaturated/α-hetero) is 1. The number of fused-ring (bicyclic) bond motifs is 1. The van der Waals surface area contributed by atoms with Crippen LogP contribution in [0.1, 0.15) is 45.9 Å². The van der Waals surface area contributed by atoms with E-state index in [1.54, 1.807) is 37.3 Å². The van der Waals surface area contributed by atoms with Crippen molar-refractivity contribution in [3.8, 4) is 0 Å².